The van der Waals surface area contributed by atoms with E-state index in [0.29, 0.717) is 24.6 Å². The van der Waals surface area contributed by atoms with Gasteiger partial charge in [-0.2, -0.15) is 0 Å². The van der Waals surface area contributed by atoms with E-state index in [-0.39, 0.29) is 5.91 Å². The van der Waals surface area contributed by atoms with E-state index in [1.165, 1.54) is 13.1 Å². The molecule has 8 heteroatoms. The standard InChI is InChI=1S/C26H29N5O3/c1-18(32)26(33)31-14-12-30(13-15-31)17-21-5-2-20-16-23(8-9-25(20)29-21)34-22-6-3-19(4-7-22)24(28)10-11-27/h2-11,16,18,28,32H,12-15,17,27H2,1H3/p+1/b11-10-,28-24?/t18-/m0/s1. The second-order valence-corrected chi connectivity index (χ2v) is 8.38. The molecule has 176 valence electrons. The molecule has 1 aliphatic rings. The van der Waals surface area contributed by atoms with Crippen molar-refractivity contribution in [1.29, 1.82) is 0 Å². The summed E-state index contributed by atoms with van der Waals surface area (Å²) in [6, 6.07) is 17.4. The number of hydrogen-bond donors (Lipinski definition) is 3. The lowest BCUT2D eigenvalue weighted by Crippen LogP contribution is -2.50. The first-order chi connectivity index (χ1) is 16.4. The van der Waals surface area contributed by atoms with E-state index in [2.05, 4.69) is 11.0 Å². The zero-order valence-electron chi connectivity index (χ0n) is 19.2. The van der Waals surface area contributed by atoms with Gasteiger partial charge in [-0.15, -0.1) is 0 Å². The van der Waals surface area contributed by atoms with Gasteiger partial charge in [0.15, 0.2) is 0 Å². The number of fused-ring (bicyclic) bond motifs is 1. The van der Waals surface area contributed by atoms with Crippen molar-refractivity contribution in [1.82, 2.24) is 14.8 Å². The minimum absolute atomic E-state index is 0.205. The summed E-state index contributed by atoms with van der Waals surface area (Å²) < 4.78 is 6.00. The lowest BCUT2D eigenvalue weighted by Gasteiger charge is -2.35. The molecule has 3 aromatic rings. The van der Waals surface area contributed by atoms with Crippen LogP contribution >= 0.6 is 0 Å². The molecule has 1 aliphatic heterocycles. The predicted octanol–water partition coefficient (Wildman–Crippen LogP) is 1.07. The van der Waals surface area contributed by atoms with Gasteiger partial charge in [-0.25, -0.2) is 0 Å². The van der Waals surface area contributed by atoms with Gasteiger partial charge in [0, 0.05) is 55.9 Å². The van der Waals surface area contributed by atoms with Gasteiger partial charge in [-0.05, 0) is 55.5 Å². The minimum Gasteiger partial charge on any atom is -0.457 e. The van der Waals surface area contributed by atoms with Crippen LogP contribution in [-0.2, 0) is 11.3 Å². The molecule has 5 N–H and O–H groups in total. The number of carbonyl (C=O) groups is 1. The van der Waals surface area contributed by atoms with Crippen LogP contribution < -0.4 is 15.9 Å². The molecule has 0 bridgehead atoms. The summed E-state index contributed by atoms with van der Waals surface area (Å²) in [6.07, 6.45) is 2.12. The Kier molecular flexibility index (Phi) is 7.20. The highest BCUT2D eigenvalue weighted by Gasteiger charge is 2.23. The summed E-state index contributed by atoms with van der Waals surface area (Å²) in [7, 11) is 0. The van der Waals surface area contributed by atoms with Crippen molar-refractivity contribution in [3.05, 3.63) is 78.1 Å². The number of nitrogens with two attached hydrogens (primary N) is 2. The number of amides is 1. The van der Waals surface area contributed by atoms with Gasteiger partial charge in [0.2, 0.25) is 5.71 Å². The highest BCUT2D eigenvalue weighted by atomic mass is 16.5. The van der Waals surface area contributed by atoms with Crippen LogP contribution in [0.3, 0.4) is 0 Å². The van der Waals surface area contributed by atoms with Gasteiger partial charge >= 0.3 is 0 Å². The lowest BCUT2D eigenvalue weighted by atomic mass is 10.1. The van der Waals surface area contributed by atoms with Gasteiger partial charge in [0.1, 0.15) is 17.6 Å². The smallest absolute Gasteiger partial charge is 0.251 e. The van der Waals surface area contributed by atoms with Crippen LogP contribution in [-0.4, -0.2) is 63.8 Å². The maximum atomic E-state index is 11.9. The zero-order valence-corrected chi connectivity index (χ0v) is 19.2. The quantitative estimate of drug-likeness (QED) is 0.454. The maximum Gasteiger partial charge on any atom is 0.251 e. The number of carbonyl (C=O) groups excluding carboxylic acids is 1. The molecule has 2 heterocycles. The number of hydrogen-bond acceptors (Lipinski definition) is 6. The van der Waals surface area contributed by atoms with Crippen LogP contribution in [0.15, 0.2) is 66.9 Å². The fraction of sp³-hybridized carbons (Fsp3) is 0.269. The monoisotopic (exact) mass is 460 g/mol. The molecule has 1 aromatic heterocycles. The Hall–Kier alpha value is -3.75. The second-order valence-electron chi connectivity index (χ2n) is 8.38. The topological polar surface area (TPSA) is 118 Å². The highest BCUT2D eigenvalue weighted by molar-refractivity contribution is 6.04. The largest absolute Gasteiger partial charge is 0.457 e. The maximum absolute atomic E-state index is 11.9. The molecule has 0 radical (unpaired) electrons. The molecule has 8 nitrogen and oxygen atoms in total. The van der Waals surface area contributed by atoms with Crippen molar-refractivity contribution in [2.75, 3.05) is 26.2 Å². The van der Waals surface area contributed by atoms with Gasteiger partial charge in [-0.1, -0.05) is 6.07 Å². The number of benzene rings is 2. The molecule has 1 atom stereocenters. The van der Waals surface area contributed by atoms with Gasteiger partial charge in [0.25, 0.3) is 5.91 Å². The Morgan fingerprint density at radius 3 is 2.50 bits per heavy atom. The number of aromatic nitrogens is 1. The molecule has 1 fully saturated rings. The number of pyridine rings is 1. The minimum atomic E-state index is -0.946. The Labute approximate surface area is 198 Å². The lowest BCUT2D eigenvalue weighted by molar-refractivity contribution is -0.141. The van der Waals surface area contributed by atoms with E-state index in [4.69, 9.17) is 20.9 Å². The normalized spacial score (nSPS) is 15.5. The van der Waals surface area contributed by atoms with Crippen molar-refractivity contribution in [3.63, 3.8) is 0 Å². The number of nitrogens with zero attached hydrogens (tertiary/aromatic N) is 3. The molecular formula is C26H30N5O3+. The first-order valence-corrected chi connectivity index (χ1v) is 11.3. The number of rotatable bonds is 7. The molecule has 1 amide bonds. The fourth-order valence-electron chi connectivity index (χ4n) is 3.97. The third-order valence-electron chi connectivity index (χ3n) is 5.84. The van der Waals surface area contributed by atoms with Gasteiger partial charge < -0.3 is 20.5 Å². The molecule has 34 heavy (non-hydrogen) atoms. The summed E-state index contributed by atoms with van der Waals surface area (Å²) in [5.41, 5.74) is 8.74. The number of piperazine rings is 1. The number of ether oxygens (including phenoxy) is 1. The summed E-state index contributed by atoms with van der Waals surface area (Å²) in [5.74, 6) is 1.24. The van der Waals surface area contributed by atoms with Crippen LogP contribution in [0.2, 0.25) is 0 Å². The van der Waals surface area contributed by atoms with Gasteiger partial charge in [0.05, 0.1) is 11.2 Å². The van der Waals surface area contributed by atoms with Crippen molar-refractivity contribution in [2.24, 2.45) is 5.73 Å². The van der Waals surface area contributed by atoms with E-state index in [0.717, 1.165) is 47.5 Å². The van der Waals surface area contributed by atoms with E-state index in [1.54, 1.807) is 11.0 Å². The molecule has 0 unspecified atom stereocenters. The summed E-state index contributed by atoms with van der Waals surface area (Å²) in [6.45, 7) is 4.99. The molecule has 1 saturated heterocycles. The average molecular weight is 461 g/mol. The first kappa shape index (κ1) is 23.4. The van der Waals surface area contributed by atoms with E-state index in [9.17, 15) is 9.90 Å². The molecule has 0 aliphatic carbocycles. The third kappa shape index (κ3) is 5.59. The van der Waals surface area contributed by atoms with E-state index in [1.807, 2.05) is 48.5 Å². The molecule has 2 aromatic carbocycles. The van der Waals surface area contributed by atoms with Crippen LogP contribution in [0, 0.1) is 0 Å². The van der Waals surface area contributed by atoms with Crippen molar-refractivity contribution >= 4 is 22.5 Å². The van der Waals surface area contributed by atoms with E-state index >= 15 is 0 Å². The zero-order chi connectivity index (χ0) is 24.1. The molecular weight excluding hydrogens is 430 g/mol. The van der Waals surface area contributed by atoms with Crippen molar-refractivity contribution in [2.45, 2.75) is 19.6 Å². The van der Waals surface area contributed by atoms with Gasteiger partial charge in [-0.3, -0.25) is 20.1 Å². The summed E-state index contributed by atoms with van der Waals surface area (Å²) >= 11 is 0. The van der Waals surface area contributed by atoms with Crippen LogP contribution in [0.4, 0.5) is 0 Å². The number of aliphatic hydroxyl groups excluding tert-OH is 1. The van der Waals surface area contributed by atoms with Crippen molar-refractivity contribution < 1.29 is 20.0 Å². The van der Waals surface area contributed by atoms with Crippen molar-refractivity contribution in [3.8, 4) is 11.5 Å². The predicted molar refractivity (Wildman–Crippen MR) is 131 cm³/mol. The molecule has 4 rings (SSSR count). The Morgan fingerprint density at radius 2 is 1.82 bits per heavy atom. The average Bonchev–Trinajstić information content (AvgIpc) is 2.84. The van der Waals surface area contributed by atoms with E-state index < -0.39 is 6.10 Å². The summed E-state index contributed by atoms with van der Waals surface area (Å²) in [5, 5.41) is 16.4. The highest BCUT2D eigenvalue weighted by Crippen LogP contribution is 2.26. The second kappa shape index (κ2) is 10.5. The number of aliphatic hydroxyl groups is 1. The first-order valence-electron chi connectivity index (χ1n) is 11.3. The van der Waals surface area contributed by atoms with Crippen LogP contribution in [0.5, 0.6) is 11.5 Å². The van der Waals surface area contributed by atoms with Crippen LogP contribution in [0.1, 0.15) is 18.2 Å². The molecule has 0 spiro atoms. The molecule has 0 saturated carbocycles. The fourth-order valence-corrected chi connectivity index (χ4v) is 3.97. The Bertz CT molecular complexity index is 1200. The summed E-state index contributed by atoms with van der Waals surface area (Å²) in [4.78, 5) is 20.7. The Balaban J connectivity index is 1.38. The SMILES string of the molecule is C[C@H](O)C(=O)N1CCN(Cc2ccc3cc(Oc4ccc(C(=[NH2+])/C=C\N)cc4)ccc3n2)CC1. The Morgan fingerprint density at radius 1 is 1.12 bits per heavy atom. The number of allylic oxidation sites excluding steroid dienone is 1. The van der Waals surface area contributed by atoms with Crippen LogP contribution in [0.25, 0.3) is 10.9 Å². The third-order valence-corrected chi connectivity index (χ3v) is 5.84.